The van der Waals surface area contributed by atoms with Crippen LogP contribution in [0.1, 0.15) is 24.1 Å². The monoisotopic (exact) mass is 433 g/mol. The summed E-state index contributed by atoms with van der Waals surface area (Å²) in [6, 6.07) is 16.9. The Morgan fingerprint density at radius 1 is 1.13 bits per heavy atom. The van der Waals surface area contributed by atoms with Crippen molar-refractivity contribution in [2.45, 2.75) is 13.0 Å². The predicted molar refractivity (Wildman–Crippen MR) is 123 cm³/mol. The highest BCUT2D eigenvalue weighted by Crippen LogP contribution is 2.30. The van der Waals surface area contributed by atoms with Crippen LogP contribution in [0, 0.1) is 0 Å². The van der Waals surface area contributed by atoms with Crippen molar-refractivity contribution in [1.82, 2.24) is 4.57 Å². The van der Waals surface area contributed by atoms with E-state index in [0.29, 0.717) is 20.6 Å². The highest BCUT2D eigenvalue weighted by Gasteiger charge is 2.32. The minimum atomic E-state index is -0.580. The van der Waals surface area contributed by atoms with Gasteiger partial charge in [0.15, 0.2) is 4.80 Å². The first-order valence-corrected chi connectivity index (χ1v) is 10.7. The first kappa shape index (κ1) is 20.8. The van der Waals surface area contributed by atoms with Crippen LogP contribution in [-0.2, 0) is 9.53 Å². The van der Waals surface area contributed by atoms with Gasteiger partial charge >= 0.3 is 5.97 Å². The van der Waals surface area contributed by atoms with Crippen molar-refractivity contribution in [2.75, 3.05) is 26.1 Å². The van der Waals surface area contributed by atoms with E-state index in [2.05, 4.69) is 4.99 Å². The summed E-state index contributed by atoms with van der Waals surface area (Å²) in [5.41, 5.74) is 3.60. The van der Waals surface area contributed by atoms with E-state index >= 15 is 0 Å². The van der Waals surface area contributed by atoms with Crippen molar-refractivity contribution >= 4 is 29.1 Å². The first-order chi connectivity index (χ1) is 14.9. The number of esters is 1. The van der Waals surface area contributed by atoms with Crippen LogP contribution in [0.2, 0.25) is 0 Å². The van der Waals surface area contributed by atoms with Gasteiger partial charge < -0.3 is 9.64 Å². The van der Waals surface area contributed by atoms with Crippen LogP contribution < -0.4 is 19.8 Å². The molecule has 0 amide bonds. The molecule has 6 nitrogen and oxygen atoms in total. The maximum Gasteiger partial charge on any atom is 0.338 e. The Bertz CT molecular complexity index is 1330. The minimum Gasteiger partial charge on any atom is -0.466 e. The zero-order chi connectivity index (χ0) is 22.1. The number of hydrogen-bond donors (Lipinski definition) is 0. The Morgan fingerprint density at radius 3 is 2.42 bits per heavy atom. The molecule has 0 bridgehead atoms. The number of rotatable bonds is 4. The Labute approximate surface area is 184 Å². The summed E-state index contributed by atoms with van der Waals surface area (Å²) in [4.78, 5) is 33.2. The third kappa shape index (κ3) is 3.84. The van der Waals surface area contributed by atoms with Gasteiger partial charge in [0, 0.05) is 19.8 Å². The molecule has 0 fully saturated rings. The van der Waals surface area contributed by atoms with E-state index < -0.39 is 12.0 Å². The van der Waals surface area contributed by atoms with Gasteiger partial charge in [0.1, 0.15) is 0 Å². The fourth-order valence-electron chi connectivity index (χ4n) is 3.66. The van der Waals surface area contributed by atoms with Crippen molar-refractivity contribution in [1.29, 1.82) is 0 Å². The Hall–Kier alpha value is -3.45. The molecule has 158 valence electrons. The quantitative estimate of drug-likeness (QED) is 0.593. The molecule has 0 N–H and O–H groups in total. The van der Waals surface area contributed by atoms with Crippen LogP contribution in [-0.4, -0.2) is 31.7 Å². The average Bonchev–Trinajstić information content (AvgIpc) is 3.07. The lowest BCUT2D eigenvalue weighted by Crippen LogP contribution is -2.39. The summed E-state index contributed by atoms with van der Waals surface area (Å²) in [5, 5.41) is 0. The lowest BCUT2D eigenvalue weighted by molar-refractivity contribution is -0.136. The van der Waals surface area contributed by atoms with E-state index in [-0.39, 0.29) is 5.56 Å². The third-order valence-corrected chi connectivity index (χ3v) is 6.23. The molecule has 0 saturated carbocycles. The topological polar surface area (TPSA) is 63.9 Å². The molecule has 0 unspecified atom stereocenters. The van der Waals surface area contributed by atoms with Gasteiger partial charge in [-0.2, -0.15) is 0 Å². The Kier molecular flexibility index (Phi) is 5.61. The minimum absolute atomic E-state index is 0.178. The summed E-state index contributed by atoms with van der Waals surface area (Å²) >= 11 is 1.32. The standard InChI is InChI=1S/C24H23N3O3S/c1-15-20(23(29)30-4)21(17-8-6-5-7-9-17)27-22(28)19(31-24(27)25-15)14-16-10-12-18(13-11-16)26(2)3/h5-14,21H,1-4H3/t21-/m0/s1. The van der Waals surface area contributed by atoms with Gasteiger partial charge in [-0.15, -0.1) is 0 Å². The molecule has 0 aliphatic carbocycles. The summed E-state index contributed by atoms with van der Waals surface area (Å²) in [7, 11) is 5.31. The number of anilines is 1. The zero-order valence-corrected chi connectivity index (χ0v) is 18.6. The largest absolute Gasteiger partial charge is 0.466 e. The highest BCUT2D eigenvalue weighted by molar-refractivity contribution is 7.07. The molecule has 31 heavy (non-hydrogen) atoms. The van der Waals surface area contributed by atoms with Crippen LogP contribution in [0.3, 0.4) is 0 Å². The lowest BCUT2D eigenvalue weighted by Gasteiger charge is -2.24. The summed E-state index contributed by atoms with van der Waals surface area (Å²) in [5.74, 6) is -0.483. The average molecular weight is 434 g/mol. The number of ether oxygens (including phenoxy) is 1. The van der Waals surface area contributed by atoms with Crippen LogP contribution in [0.5, 0.6) is 0 Å². The highest BCUT2D eigenvalue weighted by atomic mass is 32.1. The Balaban J connectivity index is 1.91. The lowest BCUT2D eigenvalue weighted by atomic mass is 9.96. The summed E-state index contributed by atoms with van der Waals surface area (Å²) in [6.45, 7) is 1.78. The number of aromatic nitrogens is 1. The van der Waals surface area contributed by atoms with Gasteiger partial charge in [-0.25, -0.2) is 9.79 Å². The zero-order valence-electron chi connectivity index (χ0n) is 17.8. The van der Waals surface area contributed by atoms with E-state index in [9.17, 15) is 9.59 Å². The summed E-state index contributed by atoms with van der Waals surface area (Å²) in [6.07, 6.45) is 1.86. The number of allylic oxidation sites excluding steroid dienone is 1. The molecule has 1 aliphatic rings. The molecular weight excluding hydrogens is 410 g/mol. The number of thiazole rings is 1. The van der Waals surface area contributed by atoms with Gasteiger partial charge in [-0.1, -0.05) is 53.8 Å². The molecule has 7 heteroatoms. The van der Waals surface area contributed by atoms with Gasteiger partial charge in [-0.05, 0) is 36.3 Å². The second-order valence-corrected chi connectivity index (χ2v) is 8.48. The van der Waals surface area contributed by atoms with Crippen LogP contribution >= 0.6 is 11.3 Å². The van der Waals surface area contributed by atoms with Crippen LogP contribution in [0.4, 0.5) is 5.69 Å². The third-order valence-electron chi connectivity index (χ3n) is 5.25. The van der Waals surface area contributed by atoms with Gasteiger partial charge in [0.05, 0.1) is 29.0 Å². The molecule has 3 aromatic rings. The smallest absolute Gasteiger partial charge is 0.338 e. The molecule has 1 aromatic heterocycles. The molecular formula is C24H23N3O3S. The van der Waals surface area contributed by atoms with E-state index in [0.717, 1.165) is 16.8 Å². The molecule has 2 aromatic carbocycles. The SMILES string of the molecule is COC(=O)C1=C(C)N=c2sc(=Cc3ccc(N(C)C)cc3)c(=O)n2[C@H]1c1ccccc1. The van der Waals surface area contributed by atoms with Crippen molar-refractivity contribution in [3.05, 3.63) is 96.7 Å². The van der Waals surface area contributed by atoms with E-state index in [1.165, 1.54) is 18.4 Å². The van der Waals surface area contributed by atoms with Crippen molar-refractivity contribution in [3.8, 4) is 0 Å². The van der Waals surface area contributed by atoms with E-state index in [4.69, 9.17) is 4.74 Å². The number of hydrogen-bond acceptors (Lipinski definition) is 6. The second-order valence-electron chi connectivity index (χ2n) is 7.47. The van der Waals surface area contributed by atoms with Gasteiger partial charge in [-0.3, -0.25) is 9.36 Å². The van der Waals surface area contributed by atoms with Gasteiger partial charge in [0.25, 0.3) is 5.56 Å². The fraction of sp³-hybridized carbons (Fsp3) is 0.208. The maximum atomic E-state index is 13.4. The number of nitrogens with zero attached hydrogens (tertiary/aromatic N) is 3. The molecule has 1 aliphatic heterocycles. The number of benzene rings is 2. The fourth-order valence-corrected chi connectivity index (χ4v) is 4.71. The van der Waals surface area contributed by atoms with Crippen molar-refractivity contribution < 1.29 is 9.53 Å². The van der Waals surface area contributed by atoms with E-state index in [1.807, 2.05) is 79.7 Å². The number of carbonyl (C=O) groups is 1. The molecule has 1 atom stereocenters. The van der Waals surface area contributed by atoms with Crippen molar-refractivity contribution in [2.24, 2.45) is 4.99 Å². The number of fused-ring (bicyclic) bond motifs is 1. The normalized spacial score (nSPS) is 16.0. The predicted octanol–water partition coefficient (Wildman–Crippen LogP) is 2.47. The van der Waals surface area contributed by atoms with Gasteiger partial charge in [0.2, 0.25) is 0 Å². The van der Waals surface area contributed by atoms with Crippen molar-refractivity contribution in [3.63, 3.8) is 0 Å². The van der Waals surface area contributed by atoms with Crippen LogP contribution in [0.15, 0.2) is 75.7 Å². The molecule has 2 heterocycles. The molecule has 0 spiro atoms. The summed E-state index contributed by atoms with van der Waals surface area (Å²) < 4.78 is 7.18. The number of carbonyl (C=O) groups excluding carboxylic acids is 1. The first-order valence-electron chi connectivity index (χ1n) is 9.84. The molecule has 0 radical (unpaired) electrons. The molecule has 4 rings (SSSR count). The Morgan fingerprint density at radius 2 is 1.81 bits per heavy atom. The van der Waals surface area contributed by atoms with E-state index in [1.54, 1.807) is 11.5 Å². The van der Waals surface area contributed by atoms with Crippen LogP contribution in [0.25, 0.3) is 6.08 Å². The second kappa shape index (κ2) is 8.35. The molecule has 0 saturated heterocycles. The number of methoxy groups -OCH3 is 1. The maximum absolute atomic E-state index is 13.4.